The van der Waals surface area contributed by atoms with Crippen LogP contribution in [0.25, 0.3) is 0 Å². The summed E-state index contributed by atoms with van der Waals surface area (Å²) in [4.78, 5) is 0. The van der Waals surface area contributed by atoms with Crippen molar-refractivity contribution in [3.8, 4) is 6.07 Å². The molecule has 2 aromatic rings. The van der Waals surface area contributed by atoms with Crippen molar-refractivity contribution in [2.75, 3.05) is 11.1 Å². The van der Waals surface area contributed by atoms with Gasteiger partial charge in [-0.3, -0.25) is 0 Å². The minimum atomic E-state index is 0.632. The highest BCUT2D eigenvalue weighted by Crippen LogP contribution is 2.25. The molecule has 84 valence electrons. The van der Waals surface area contributed by atoms with Gasteiger partial charge in [0, 0.05) is 5.69 Å². The molecule has 0 saturated carbocycles. The highest BCUT2D eigenvalue weighted by molar-refractivity contribution is 5.74. The summed E-state index contributed by atoms with van der Waals surface area (Å²) < 4.78 is 0. The van der Waals surface area contributed by atoms with Crippen LogP contribution < -0.4 is 11.1 Å². The predicted molar refractivity (Wildman–Crippen MR) is 70.0 cm³/mol. The van der Waals surface area contributed by atoms with Crippen LogP contribution in [0.3, 0.4) is 0 Å². The van der Waals surface area contributed by atoms with E-state index in [0.29, 0.717) is 11.3 Å². The standard InChI is InChI=1S/C14H13N3/c1-10-6-7-11(9-15)8-14(10)17-13-5-3-2-4-12(13)16/h2-8,17H,16H2,1H3. The summed E-state index contributed by atoms with van der Waals surface area (Å²) in [7, 11) is 0. The Morgan fingerprint density at radius 1 is 1.12 bits per heavy atom. The van der Waals surface area contributed by atoms with Gasteiger partial charge < -0.3 is 11.1 Å². The summed E-state index contributed by atoms with van der Waals surface area (Å²) in [5.41, 5.74) is 10.0. The molecule has 0 atom stereocenters. The Morgan fingerprint density at radius 2 is 1.88 bits per heavy atom. The lowest BCUT2D eigenvalue weighted by atomic mass is 10.1. The lowest BCUT2D eigenvalue weighted by Crippen LogP contribution is -1.97. The van der Waals surface area contributed by atoms with Gasteiger partial charge in [-0.2, -0.15) is 5.26 Å². The van der Waals surface area contributed by atoms with Gasteiger partial charge in [0.2, 0.25) is 0 Å². The average Bonchev–Trinajstić information content (AvgIpc) is 2.35. The quantitative estimate of drug-likeness (QED) is 0.768. The molecule has 0 radical (unpaired) electrons. The summed E-state index contributed by atoms with van der Waals surface area (Å²) in [6.45, 7) is 1.99. The predicted octanol–water partition coefficient (Wildman–Crippen LogP) is 3.19. The number of para-hydroxylation sites is 2. The van der Waals surface area contributed by atoms with E-state index in [1.807, 2.05) is 43.3 Å². The van der Waals surface area contributed by atoms with E-state index in [0.717, 1.165) is 16.9 Å². The van der Waals surface area contributed by atoms with Crippen molar-refractivity contribution in [3.05, 3.63) is 53.6 Å². The van der Waals surface area contributed by atoms with Crippen molar-refractivity contribution < 1.29 is 0 Å². The Balaban J connectivity index is 2.37. The lowest BCUT2D eigenvalue weighted by Gasteiger charge is -2.11. The van der Waals surface area contributed by atoms with Crippen molar-refractivity contribution in [2.45, 2.75) is 6.92 Å². The van der Waals surface area contributed by atoms with E-state index in [9.17, 15) is 0 Å². The molecule has 0 aliphatic carbocycles. The maximum Gasteiger partial charge on any atom is 0.0992 e. The monoisotopic (exact) mass is 223 g/mol. The summed E-state index contributed by atoms with van der Waals surface area (Å²) in [5.74, 6) is 0. The Kier molecular flexibility index (Phi) is 2.97. The van der Waals surface area contributed by atoms with E-state index < -0.39 is 0 Å². The van der Waals surface area contributed by atoms with Crippen LogP contribution in [0.4, 0.5) is 17.1 Å². The molecular weight excluding hydrogens is 210 g/mol. The number of hydrogen-bond acceptors (Lipinski definition) is 3. The van der Waals surface area contributed by atoms with Crippen LogP contribution in [0.2, 0.25) is 0 Å². The third kappa shape index (κ3) is 2.37. The first kappa shape index (κ1) is 11.0. The van der Waals surface area contributed by atoms with Crippen molar-refractivity contribution in [3.63, 3.8) is 0 Å². The number of nitrogens with two attached hydrogens (primary N) is 1. The number of benzene rings is 2. The second-order valence-electron chi connectivity index (χ2n) is 3.85. The number of anilines is 3. The Bertz CT molecular complexity index is 582. The van der Waals surface area contributed by atoms with Gasteiger partial charge in [0.25, 0.3) is 0 Å². The maximum absolute atomic E-state index is 8.87. The molecular formula is C14H13N3. The fraction of sp³-hybridized carbons (Fsp3) is 0.0714. The van der Waals surface area contributed by atoms with Crippen LogP contribution in [-0.2, 0) is 0 Å². The number of hydrogen-bond donors (Lipinski definition) is 2. The van der Waals surface area contributed by atoms with Crippen LogP contribution in [0.1, 0.15) is 11.1 Å². The van der Waals surface area contributed by atoms with Gasteiger partial charge in [0.05, 0.1) is 23.0 Å². The molecule has 0 unspecified atom stereocenters. The first-order valence-electron chi connectivity index (χ1n) is 5.33. The lowest BCUT2D eigenvalue weighted by molar-refractivity contribution is 1.40. The molecule has 3 heteroatoms. The second-order valence-corrected chi connectivity index (χ2v) is 3.85. The van der Waals surface area contributed by atoms with Gasteiger partial charge in [-0.05, 0) is 36.8 Å². The summed E-state index contributed by atoms with van der Waals surface area (Å²) in [5, 5.41) is 12.1. The molecule has 17 heavy (non-hydrogen) atoms. The smallest absolute Gasteiger partial charge is 0.0992 e. The Morgan fingerprint density at radius 3 is 2.59 bits per heavy atom. The minimum absolute atomic E-state index is 0.632. The normalized spacial score (nSPS) is 9.65. The van der Waals surface area contributed by atoms with Gasteiger partial charge in [-0.25, -0.2) is 0 Å². The van der Waals surface area contributed by atoms with Crippen molar-refractivity contribution in [1.29, 1.82) is 5.26 Å². The average molecular weight is 223 g/mol. The zero-order valence-corrected chi connectivity index (χ0v) is 9.57. The molecule has 0 fully saturated rings. The molecule has 3 nitrogen and oxygen atoms in total. The highest BCUT2D eigenvalue weighted by Gasteiger charge is 2.02. The first-order chi connectivity index (χ1) is 8.20. The van der Waals surface area contributed by atoms with Gasteiger partial charge in [-0.1, -0.05) is 18.2 Å². The molecule has 0 aromatic heterocycles. The Hall–Kier alpha value is -2.47. The zero-order valence-electron chi connectivity index (χ0n) is 9.57. The van der Waals surface area contributed by atoms with E-state index in [1.165, 1.54) is 0 Å². The van der Waals surface area contributed by atoms with Crippen LogP contribution >= 0.6 is 0 Å². The third-order valence-corrected chi connectivity index (χ3v) is 2.60. The number of nitrogen functional groups attached to an aromatic ring is 1. The summed E-state index contributed by atoms with van der Waals surface area (Å²) >= 11 is 0. The number of nitrogens with zero attached hydrogens (tertiary/aromatic N) is 1. The van der Waals surface area contributed by atoms with Crippen LogP contribution in [0.15, 0.2) is 42.5 Å². The zero-order chi connectivity index (χ0) is 12.3. The topological polar surface area (TPSA) is 61.8 Å². The highest BCUT2D eigenvalue weighted by atomic mass is 14.9. The second kappa shape index (κ2) is 4.58. The van der Waals surface area contributed by atoms with E-state index >= 15 is 0 Å². The molecule has 0 amide bonds. The van der Waals surface area contributed by atoms with Gasteiger partial charge in [-0.15, -0.1) is 0 Å². The molecule has 2 rings (SSSR count). The molecule has 3 N–H and O–H groups in total. The van der Waals surface area contributed by atoms with Gasteiger partial charge >= 0.3 is 0 Å². The number of nitrogens with one attached hydrogen (secondary N) is 1. The molecule has 0 saturated heterocycles. The maximum atomic E-state index is 8.87. The summed E-state index contributed by atoms with van der Waals surface area (Å²) in [6.07, 6.45) is 0. The fourth-order valence-electron chi connectivity index (χ4n) is 1.58. The molecule has 2 aromatic carbocycles. The largest absolute Gasteiger partial charge is 0.397 e. The van der Waals surface area contributed by atoms with E-state index in [-0.39, 0.29) is 0 Å². The number of nitriles is 1. The number of aryl methyl sites for hydroxylation is 1. The van der Waals surface area contributed by atoms with Gasteiger partial charge in [0.1, 0.15) is 0 Å². The van der Waals surface area contributed by atoms with Crippen LogP contribution in [-0.4, -0.2) is 0 Å². The molecule has 0 aliphatic heterocycles. The SMILES string of the molecule is Cc1ccc(C#N)cc1Nc1ccccc1N. The summed E-state index contributed by atoms with van der Waals surface area (Å²) in [6, 6.07) is 15.2. The fourth-order valence-corrected chi connectivity index (χ4v) is 1.58. The van der Waals surface area contributed by atoms with E-state index in [1.54, 1.807) is 6.07 Å². The molecule has 0 aliphatic rings. The van der Waals surface area contributed by atoms with E-state index in [4.69, 9.17) is 11.0 Å². The number of rotatable bonds is 2. The minimum Gasteiger partial charge on any atom is -0.397 e. The van der Waals surface area contributed by atoms with Crippen molar-refractivity contribution in [1.82, 2.24) is 0 Å². The Labute approximate surface area is 101 Å². The molecule has 0 spiro atoms. The van der Waals surface area contributed by atoms with Crippen molar-refractivity contribution in [2.24, 2.45) is 0 Å². The first-order valence-corrected chi connectivity index (χ1v) is 5.33. The van der Waals surface area contributed by atoms with Gasteiger partial charge in [0.15, 0.2) is 0 Å². The molecule has 0 heterocycles. The van der Waals surface area contributed by atoms with Crippen LogP contribution in [0.5, 0.6) is 0 Å². The molecule has 0 bridgehead atoms. The third-order valence-electron chi connectivity index (χ3n) is 2.60. The van der Waals surface area contributed by atoms with E-state index in [2.05, 4.69) is 11.4 Å². The van der Waals surface area contributed by atoms with Crippen molar-refractivity contribution >= 4 is 17.1 Å². The van der Waals surface area contributed by atoms with Crippen LogP contribution in [0, 0.1) is 18.3 Å².